The van der Waals surface area contributed by atoms with Gasteiger partial charge in [0.25, 0.3) is 5.91 Å². The normalized spacial score (nSPS) is 20.0. The molecule has 1 unspecified atom stereocenters. The quantitative estimate of drug-likeness (QED) is 0.687. The SMILES string of the molecule is CC(=O)c1ccc(NC(=O)C2(C)CN2C(=O)OC(C)(C)C)cc1. The van der Waals surface area contributed by atoms with Crippen LogP contribution in [0.4, 0.5) is 10.5 Å². The lowest BCUT2D eigenvalue weighted by Crippen LogP contribution is -2.36. The highest BCUT2D eigenvalue weighted by Gasteiger charge is 2.58. The summed E-state index contributed by atoms with van der Waals surface area (Å²) in [6.07, 6.45) is -0.498. The van der Waals surface area contributed by atoms with Gasteiger partial charge < -0.3 is 10.1 Å². The lowest BCUT2D eigenvalue weighted by molar-refractivity contribution is -0.119. The van der Waals surface area contributed by atoms with Crippen LogP contribution in [0.15, 0.2) is 24.3 Å². The minimum absolute atomic E-state index is 0.0341. The first-order valence-corrected chi connectivity index (χ1v) is 7.46. The van der Waals surface area contributed by atoms with Gasteiger partial charge in [-0.2, -0.15) is 0 Å². The maximum atomic E-state index is 12.4. The Balaban J connectivity index is 1.99. The van der Waals surface area contributed by atoms with E-state index >= 15 is 0 Å². The molecule has 1 aliphatic rings. The summed E-state index contributed by atoms with van der Waals surface area (Å²) in [6, 6.07) is 6.63. The van der Waals surface area contributed by atoms with Crippen LogP contribution in [0.5, 0.6) is 0 Å². The van der Waals surface area contributed by atoms with Gasteiger partial charge in [0.05, 0.1) is 6.54 Å². The van der Waals surface area contributed by atoms with Gasteiger partial charge in [0.1, 0.15) is 11.1 Å². The van der Waals surface area contributed by atoms with Gasteiger partial charge in [-0.25, -0.2) is 4.79 Å². The molecule has 1 atom stereocenters. The Kier molecular flexibility index (Phi) is 4.20. The summed E-state index contributed by atoms with van der Waals surface area (Å²) >= 11 is 0. The predicted molar refractivity (Wildman–Crippen MR) is 86.4 cm³/mol. The number of ketones is 1. The van der Waals surface area contributed by atoms with Crippen LogP contribution >= 0.6 is 0 Å². The zero-order valence-electron chi connectivity index (χ0n) is 14.1. The molecule has 2 amide bonds. The Hall–Kier alpha value is -2.37. The smallest absolute Gasteiger partial charge is 0.411 e. The number of amides is 2. The summed E-state index contributed by atoms with van der Waals surface area (Å²) < 4.78 is 5.27. The molecular weight excluding hydrogens is 296 g/mol. The average Bonchev–Trinajstić information content (AvgIpc) is 3.11. The number of benzene rings is 1. The lowest BCUT2D eigenvalue weighted by Gasteiger charge is -2.21. The van der Waals surface area contributed by atoms with Gasteiger partial charge in [-0.3, -0.25) is 14.5 Å². The highest BCUT2D eigenvalue weighted by atomic mass is 16.6. The van der Waals surface area contributed by atoms with E-state index in [4.69, 9.17) is 4.74 Å². The monoisotopic (exact) mass is 318 g/mol. The molecule has 0 aromatic heterocycles. The fourth-order valence-electron chi connectivity index (χ4n) is 2.10. The number of carbonyl (C=O) groups excluding carboxylic acids is 3. The van der Waals surface area contributed by atoms with Crippen molar-refractivity contribution in [2.24, 2.45) is 0 Å². The minimum Gasteiger partial charge on any atom is -0.444 e. The van der Waals surface area contributed by atoms with Gasteiger partial charge in [-0.05, 0) is 58.9 Å². The van der Waals surface area contributed by atoms with Crippen LogP contribution in [0.3, 0.4) is 0 Å². The first-order chi connectivity index (χ1) is 10.5. The maximum Gasteiger partial charge on any atom is 0.411 e. The first-order valence-electron chi connectivity index (χ1n) is 7.46. The third kappa shape index (κ3) is 3.88. The fraction of sp³-hybridized carbons (Fsp3) is 0.471. The highest BCUT2D eigenvalue weighted by Crippen LogP contribution is 2.34. The fourth-order valence-corrected chi connectivity index (χ4v) is 2.10. The van der Waals surface area contributed by atoms with E-state index in [1.807, 2.05) is 0 Å². The van der Waals surface area contributed by atoms with E-state index < -0.39 is 17.2 Å². The third-order valence-electron chi connectivity index (χ3n) is 3.61. The molecular formula is C17H22N2O4. The summed E-state index contributed by atoms with van der Waals surface area (Å²) in [5.74, 6) is -0.313. The molecule has 0 bridgehead atoms. The highest BCUT2D eigenvalue weighted by molar-refractivity contribution is 6.03. The van der Waals surface area contributed by atoms with Crippen molar-refractivity contribution in [3.8, 4) is 0 Å². The van der Waals surface area contributed by atoms with Gasteiger partial charge in [0, 0.05) is 11.3 Å². The van der Waals surface area contributed by atoms with Crippen molar-refractivity contribution >= 4 is 23.5 Å². The van der Waals surface area contributed by atoms with Crippen molar-refractivity contribution in [1.82, 2.24) is 4.90 Å². The number of nitrogens with zero attached hydrogens (tertiary/aromatic N) is 1. The van der Waals surface area contributed by atoms with Crippen LogP contribution in [0.2, 0.25) is 0 Å². The van der Waals surface area contributed by atoms with Crippen molar-refractivity contribution in [1.29, 1.82) is 0 Å². The predicted octanol–water partition coefficient (Wildman–Crippen LogP) is 2.84. The van der Waals surface area contributed by atoms with Crippen LogP contribution in [0.1, 0.15) is 45.0 Å². The summed E-state index contributed by atoms with van der Waals surface area (Å²) in [5.41, 5.74) is -0.338. The molecule has 1 N–H and O–H groups in total. The molecule has 1 fully saturated rings. The van der Waals surface area contributed by atoms with E-state index in [1.54, 1.807) is 52.0 Å². The van der Waals surface area contributed by atoms with Gasteiger partial charge in [0.15, 0.2) is 5.78 Å². The molecule has 124 valence electrons. The molecule has 1 aromatic rings. The third-order valence-corrected chi connectivity index (χ3v) is 3.61. The number of carbonyl (C=O) groups is 3. The van der Waals surface area contributed by atoms with Gasteiger partial charge in [-0.15, -0.1) is 0 Å². The molecule has 0 saturated carbocycles. The largest absolute Gasteiger partial charge is 0.444 e. The van der Waals surface area contributed by atoms with Crippen LogP contribution in [0.25, 0.3) is 0 Å². The Bertz CT molecular complexity index is 646. The van der Waals surface area contributed by atoms with E-state index in [2.05, 4.69) is 5.32 Å². The summed E-state index contributed by atoms with van der Waals surface area (Å²) in [7, 11) is 0. The Morgan fingerprint density at radius 2 is 1.74 bits per heavy atom. The van der Waals surface area contributed by atoms with Gasteiger partial charge in [-0.1, -0.05) is 0 Å². The van der Waals surface area contributed by atoms with E-state index in [-0.39, 0.29) is 11.7 Å². The molecule has 1 aromatic carbocycles. The molecule has 6 heteroatoms. The van der Waals surface area contributed by atoms with Crippen LogP contribution in [0, 0.1) is 0 Å². The van der Waals surface area contributed by atoms with Crippen LogP contribution < -0.4 is 5.32 Å². The second kappa shape index (κ2) is 5.68. The number of anilines is 1. The van der Waals surface area contributed by atoms with Crippen molar-refractivity contribution in [3.63, 3.8) is 0 Å². The topological polar surface area (TPSA) is 75.5 Å². The molecule has 0 spiro atoms. The molecule has 1 heterocycles. The van der Waals surface area contributed by atoms with Crippen molar-refractivity contribution in [3.05, 3.63) is 29.8 Å². The zero-order valence-corrected chi connectivity index (χ0v) is 14.1. The molecule has 0 radical (unpaired) electrons. The lowest BCUT2D eigenvalue weighted by atomic mass is 10.1. The van der Waals surface area contributed by atoms with Crippen molar-refractivity contribution < 1.29 is 19.1 Å². The molecule has 23 heavy (non-hydrogen) atoms. The van der Waals surface area contributed by atoms with E-state index in [0.717, 1.165) is 0 Å². The molecule has 1 saturated heterocycles. The zero-order chi connectivity index (χ0) is 17.4. The molecule has 0 aliphatic carbocycles. The molecule has 6 nitrogen and oxygen atoms in total. The Labute approximate surface area is 135 Å². The number of ether oxygens (including phenoxy) is 1. The number of nitrogens with one attached hydrogen (secondary N) is 1. The van der Waals surface area contributed by atoms with E-state index in [9.17, 15) is 14.4 Å². The van der Waals surface area contributed by atoms with Crippen LogP contribution in [-0.2, 0) is 9.53 Å². The number of Topliss-reactive ketones (excluding diaryl/α,β-unsaturated/α-hetero) is 1. The summed E-state index contributed by atoms with van der Waals surface area (Å²) in [6.45, 7) is 8.83. The van der Waals surface area contributed by atoms with Crippen molar-refractivity contribution in [2.75, 3.05) is 11.9 Å². The Morgan fingerprint density at radius 1 is 1.17 bits per heavy atom. The minimum atomic E-state index is -0.901. The summed E-state index contributed by atoms with van der Waals surface area (Å²) in [5, 5.41) is 2.76. The second-order valence-corrected chi connectivity index (χ2v) is 6.93. The number of rotatable bonds is 3. The van der Waals surface area contributed by atoms with Gasteiger partial charge in [0.2, 0.25) is 0 Å². The Morgan fingerprint density at radius 3 is 2.22 bits per heavy atom. The second-order valence-electron chi connectivity index (χ2n) is 6.93. The van der Waals surface area contributed by atoms with E-state index in [0.29, 0.717) is 17.8 Å². The maximum absolute atomic E-state index is 12.4. The van der Waals surface area contributed by atoms with Gasteiger partial charge >= 0.3 is 6.09 Å². The first kappa shape index (κ1) is 17.0. The van der Waals surface area contributed by atoms with E-state index in [1.165, 1.54) is 11.8 Å². The summed E-state index contributed by atoms with van der Waals surface area (Å²) in [4.78, 5) is 37.0. The average molecular weight is 318 g/mol. The number of hydrogen-bond donors (Lipinski definition) is 1. The molecule has 1 aliphatic heterocycles. The standard InChI is InChI=1S/C17H22N2O4/c1-11(20)12-6-8-13(9-7-12)18-14(21)17(5)10-19(17)15(22)23-16(2,3)4/h6-9H,10H2,1-5H3,(H,18,21). The van der Waals surface area contributed by atoms with Crippen molar-refractivity contribution in [2.45, 2.75) is 45.8 Å². The van der Waals surface area contributed by atoms with Crippen LogP contribution in [-0.4, -0.2) is 40.4 Å². The molecule has 2 rings (SSSR count). The number of hydrogen-bond acceptors (Lipinski definition) is 4.